The van der Waals surface area contributed by atoms with Crippen molar-refractivity contribution in [2.45, 2.75) is 102 Å². The summed E-state index contributed by atoms with van der Waals surface area (Å²) in [7, 11) is 0. The number of hydrogen-bond acceptors (Lipinski definition) is 5. The lowest BCUT2D eigenvalue weighted by molar-refractivity contribution is 0.0895. The van der Waals surface area contributed by atoms with Gasteiger partial charge in [0.25, 0.3) is 0 Å². The van der Waals surface area contributed by atoms with Crippen LogP contribution in [0.2, 0.25) is 0 Å². The van der Waals surface area contributed by atoms with Crippen LogP contribution < -0.4 is 15.5 Å². The van der Waals surface area contributed by atoms with Gasteiger partial charge in [-0.15, -0.1) is 0 Å². The van der Waals surface area contributed by atoms with E-state index in [1.807, 2.05) is 0 Å². The third-order valence-electron chi connectivity index (χ3n) is 12.7. The minimum atomic E-state index is 0.102. The number of fused-ring (bicyclic) bond motifs is 4. The van der Waals surface area contributed by atoms with E-state index in [2.05, 4.69) is 93.4 Å². The van der Waals surface area contributed by atoms with Crippen LogP contribution in [0.5, 0.6) is 0 Å². The maximum Gasteiger partial charge on any atom is 0.0852 e. The van der Waals surface area contributed by atoms with Crippen molar-refractivity contribution in [3.8, 4) is 0 Å². The van der Waals surface area contributed by atoms with Gasteiger partial charge >= 0.3 is 0 Å². The lowest BCUT2D eigenvalue weighted by Gasteiger charge is -2.50. The van der Waals surface area contributed by atoms with Gasteiger partial charge in [0.15, 0.2) is 0 Å². The van der Waals surface area contributed by atoms with Gasteiger partial charge < -0.3 is 20.4 Å². The van der Waals surface area contributed by atoms with E-state index in [0.29, 0.717) is 12.0 Å². The van der Waals surface area contributed by atoms with Gasteiger partial charge in [0.1, 0.15) is 0 Å². The van der Waals surface area contributed by atoms with Gasteiger partial charge in [0.2, 0.25) is 0 Å². The predicted octanol–water partition coefficient (Wildman–Crippen LogP) is 8.18. The number of allylic oxidation sites excluding steroid dienone is 3. The Morgan fingerprint density at radius 2 is 1.58 bits per heavy atom. The zero-order valence-corrected chi connectivity index (χ0v) is 28.7. The number of para-hydroxylation sites is 1. The van der Waals surface area contributed by atoms with Crippen LogP contribution >= 0.6 is 0 Å². The molecule has 5 atom stereocenters. The van der Waals surface area contributed by atoms with E-state index >= 15 is 0 Å². The third-order valence-corrected chi connectivity index (χ3v) is 12.7. The van der Waals surface area contributed by atoms with Crippen molar-refractivity contribution in [3.05, 3.63) is 112 Å². The molecule has 5 heterocycles. The number of aryl methyl sites for hydroxylation is 1. The summed E-state index contributed by atoms with van der Waals surface area (Å²) in [6.45, 7) is 4.22. The van der Waals surface area contributed by atoms with E-state index < -0.39 is 0 Å². The largest absolute Gasteiger partial charge is 0.366 e. The van der Waals surface area contributed by atoms with Gasteiger partial charge in [-0.25, -0.2) is 0 Å². The highest BCUT2D eigenvalue weighted by atomic mass is 15.2. The molecule has 2 aliphatic carbocycles. The zero-order valence-electron chi connectivity index (χ0n) is 28.7. The molecule has 5 nitrogen and oxygen atoms in total. The lowest BCUT2D eigenvalue weighted by Crippen LogP contribution is -2.50. The Labute approximate surface area is 288 Å². The fourth-order valence-corrected chi connectivity index (χ4v) is 10.6. The summed E-state index contributed by atoms with van der Waals surface area (Å²) >= 11 is 0. The normalized spacial score (nSPS) is 34.8. The van der Waals surface area contributed by atoms with Gasteiger partial charge in [-0.1, -0.05) is 61.4 Å². The van der Waals surface area contributed by atoms with Crippen LogP contribution in [0.4, 0.5) is 5.69 Å². The molecule has 7 aliphatic rings. The zero-order chi connectivity index (χ0) is 31.9. The molecule has 3 fully saturated rings. The Balaban J connectivity index is 1.33. The Morgan fingerprint density at radius 3 is 2.56 bits per heavy atom. The summed E-state index contributed by atoms with van der Waals surface area (Å²) in [5.74, 6) is 1.45. The van der Waals surface area contributed by atoms with E-state index in [0.717, 1.165) is 44.9 Å². The molecule has 5 heteroatoms. The number of nitrogens with one attached hydrogen (secondary N) is 2. The molecule has 0 radical (unpaired) electrons. The van der Waals surface area contributed by atoms with Crippen molar-refractivity contribution < 1.29 is 0 Å². The smallest absolute Gasteiger partial charge is 0.0852 e. The van der Waals surface area contributed by atoms with Crippen LogP contribution in [0.15, 0.2) is 100.0 Å². The van der Waals surface area contributed by atoms with E-state index in [9.17, 15) is 0 Å². The molecule has 1 saturated carbocycles. The molecule has 0 amide bonds. The van der Waals surface area contributed by atoms with Gasteiger partial charge in [-0.3, -0.25) is 4.99 Å². The van der Waals surface area contributed by atoms with Crippen LogP contribution in [-0.2, 0) is 12.8 Å². The van der Waals surface area contributed by atoms with Crippen LogP contribution in [0, 0.1) is 11.8 Å². The summed E-state index contributed by atoms with van der Waals surface area (Å²) in [4.78, 5) is 11.2. The summed E-state index contributed by atoms with van der Waals surface area (Å²) in [5, 5.41) is 8.22. The second-order valence-corrected chi connectivity index (χ2v) is 15.3. The summed E-state index contributed by atoms with van der Waals surface area (Å²) in [5.41, 5.74) is 12.9. The monoisotopic (exact) mass is 639 g/mol. The summed E-state index contributed by atoms with van der Waals surface area (Å²) < 4.78 is 0. The SMILES string of the molecule is C1=C2C(CCC1)CCNC2C1=C(N2CCCC3CCCCC32)/C(C2NCCc3ccccc32)=C(N2CCCc3ccccc32)\C=C\C=N\1. The Morgan fingerprint density at radius 1 is 0.729 bits per heavy atom. The second kappa shape index (κ2) is 13.5. The molecule has 48 heavy (non-hydrogen) atoms. The molecule has 250 valence electrons. The van der Waals surface area contributed by atoms with E-state index in [1.165, 1.54) is 116 Å². The Hall–Kier alpha value is -3.41. The molecule has 0 bridgehead atoms. The molecule has 0 aromatic heterocycles. The first-order valence-corrected chi connectivity index (χ1v) is 19.4. The van der Waals surface area contributed by atoms with Crippen molar-refractivity contribution in [2.24, 2.45) is 16.8 Å². The number of nitrogens with zero attached hydrogens (tertiary/aromatic N) is 3. The topological polar surface area (TPSA) is 42.9 Å². The number of rotatable bonds is 4. The summed E-state index contributed by atoms with van der Waals surface area (Å²) in [6, 6.07) is 19.3. The van der Waals surface area contributed by atoms with Crippen molar-refractivity contribution in [2.75, 3.05) is 31.1 Å². The maximum absolute atomic E-state index is 5.56. The average molecular weight is 640 g/mol. The number of benzene rings is 2. The molecule has 5 unspecified atom stereocenters. The Bertz CT molecular complexity index is 1680. The minimum Gasteiger partial charge on any atom is -0.366 e. The van der Waals surface area contributed by atoms with Crippen molar-refractivity contribution in [1.29, 1.82) is 0 Å². The molecule has 2 aromatic rings. The second-order valence-electron chi connectivity index (χ2n) is 15.3. The number of likely N-dealkylation sites (tertiary alicyclic amines) is 1. The van der Waals surface area contributed by atoms with Gasteiger partial charge in [-0.2, -0.15) is 0 Å². The molecule has 5 aliphatic heterocycles. The Kier molecular flexibility index (Phi) is 8.60. The number of hydrogen-bond donors (Lipinski definition) is 2. The van der Waals surface area contributed by atoms with Gasteiger partial charge in [0, 0.05) is 48.8 Å². The molecule has 2 N–H and O–H groups in total. The number of anilines is 1. The molecular weight excluding hydrogens is 587 g/mol. The van der Waals surface area contributed by atoms with Crippen molar-refractivity contribution in [3.63, 3.8) is 0 Å². The van der Waals surface area contributed by atoms with Crippen molar-refractivity contribution >= 4 is 11.9 Å². The average Bonchev–Trinajstić information content (AvgIpc) is 3.14. The van der Waals surface area contributed by atoms with E-state index in [1.54, 1.807) is 5.57 Å². The van der Waals surface area contributed by atoms with Crippen molar-refractivity contribution in [1.82, 2.24) is 15.5 Å². The van der Waals surface area contributed by atoms with Crippen LogP contribution in [0.3, 0.4) is 0 Å². The van der Waals surface area contributed by atoms with Crippen LogP contribution in [0.1, 0.15) is 93.4 Å². The number of piperidine rings is 2. The van der Waals surface area contributed by atoms with E-state index in [4.69, 9.17) is 4.99 Å². The first-order valence-electron chi connectivity index (χ1n) is 19.4. The fraction of sp³-hybridized carbons (Fsp3) is 0.512. The van der Waals surface area contributed by atoms with Gasteiger partial charge in [-0.05, 0) is 129 Å². The molecule has 0 spiro atoms. The quantitative estimate of drug-likeness (QED) is 0.331. The minimum absolute atomic E-state index is 0.102. The van der Waals surface area contributed by atoms with Crippen LogP contribution in [-0.4, -0.2) is 49.4 Å². The standard InChI is InChI=1S/C43H53N5/c1-5-18-34-30(12-1)23-26-45-40(34)39-38(47-28-10-16-32-14-3-7-20-36(32)47)22-9-25-44-42(41-35-19-6-2-13-31(35)24-27-46-41)43(39)48-29-11-17-33-15-4-8-21-37(33)48/h1,3,5,7,9,12,14,18-20,22,25,31,33,37,40-41,45-46H,2,4,6,8,10-11,13,15-17,21,23-24,26-29H2/b22-9+,25-9?,38-22?,39-38+,43-39?,43-42+,44-25+,44-42?. The van der Waals surface area contributed by atoms with E-state index in [-0.39, 0.29) is 12.1 Å². The first kappa shape index (κ1) is 30.6. The maximum atomic E-state index is 5.56. The third kappa shape index (κ3) is 5.51. The molecule has 2 saturated heterocycles. The first-order chi connectivity index (χ1) is 23.8. The highest BCUT2D eigenvalue weighted by Gasteiger charge is 2.43. The molecule has 2 aromatic carbocycles. The highest BCUT2D eigenvalue weighted by Crippen LogP contribution is 2.47. The van der Waals surface area contributed by atoms with Gasteiger partial charge in [0.05, 0.1) is 23.5 Å². The number of aliphatic imine (C=N–C) groups is 1. The predicted molar refractivity (Wildman–Crippen MR) is 198 cm³/mol. The fourth-order valence-electron chi connectivity index (χ4n) is 10.6. The molecule has 9 rings (SSSR count). The summed E-state index contributed by atoms with van der Waals surface area (Å²) in [6.07, 6.45) is 25.9. The highest BCUT2D eigenvalue weighted by molar-refractivity contribution is 5.77. The molecular formula is C43H53N5. The van der Waals surface area contributed by atoms with Crippen LogP contribution in [0.25, 0.3) is 0 Å². The lowest BCUT2D eigenvalue weighted by atomic mass is 9.75.